The van der Waals surface area contributed by atoms with Crippen LogP contribution in [0.1, 0.15) is 5.56 Å². The summed E-state index contributed by atoms with van der Waals surface area (Å²) in [5.41, 5.74) is 2.12. The molecule has 0 saturated carbocycles. The van der Waals surface area contributed by atoms with E-state index in [9.17, 15) is 0 Å². The fourth-order valence-corrected chi connectivity index (χ4v) is 3.32. The van der Waals surface area contributed by atoms with Crippen molar-refractivity contribution in [2.24, 2.45) is 0 Å². The predicted octanol–water partition coefficient (Wildman–Crippen LogP) is 6.21. The van der Waals surface area contributed by atoms with E-state index in [4.69, 9.17) is 18.9 Å². The maximum atomic E-state index is 5.84. The highest BCUT2D eigenvalue weighted by atomic mass is 16.5. The first kappa shape index (κ1) is 23.1. The second kappa shape index (κ2) is 12.8. The zero-order chi connectivity index (χ0) is 23.3. The van der Waals surface area contributed by atoms with E-state index >= 15 is 0 Å². The molecule has 4 aromatic carbocycles. The van der Waals surface area contributed by atoms with E-state index < -0.39 is 0 Å². The van der Waals surface area contributed by atoms with E-state index in [1.165, 1.54) is 0 Å². The Hall–Kier alpha value is -4.12. The number of benzene rings is 4. The first-order chi connectivity index (χ1) is 16.8. The van der Waals surface area contributed by atoms with Gasteiger partial charge in [0, 0.05) is 18.3 Å². The largest absolute Gasteiger partial charge is 0.490 e. The summed E-state index contributed by atoms with van der Waals surface area (Å²) in [5.74, 6) is 3.32. The summed E-state index contributed by atoms with van der Waals surface area (Å²) < 4.78 is 23.0. The number of ether oxygens (including phenoxy) is 4. The van der Waals surface area contributed by atoms with Gasteiger partial charge in [-0.15, -0.1) is 0 Å². The van der Waals surface area contributed by atoms with E-state index in [0.29, 0.717) is 33.0 Å². The van der Waals surface area contributed by atoms with Gasteiger partial charge >= 0.3 is 0 Å². The Morgan fingerprint density at radius 2 is 0.912 bits per heavy atom. The molecule has 0 atom stereocenters. The molecule has 0 aliphatic rings. The lowest BCUT2D eigenvalue weighted by Gasteiger charge is -2.12. The van der Waals surface area contributed by atoms with Crippen molar-refractivity contribution in [3.05, 3.63) is 115 Å². The van der Waals surface area contributed by atoms with E-state index in [0.717, 1.165) is 34.2 Å². The molecular weight excluding hydrogens is 426 g/mol. The summed E-state index contributed by atoms with van der Waals surface area (Å²) in [4.78, 5) is 0. The molecule has 0 heterocycles. The van der Waals surface area contributed by atoms with Crippen LogP contribution < -0.4 is 24.3 Å². The van der Waals surface area contributed by atoms with Crippen LogP contribution >= 0.6 is 0 Å². The van der Waals surface area contributed by atoms with Crippen molar-refractivity contribution in [2.75, 3.05) is 31.7 Å². The summed E-state index contributed by atoms with van der Waals surface area (Å²) in [7, 11) is 0. The van der Waals surface area contributed by atoms with Gasteiger partial charge in [-0.05, 0) is 54.1 Å². The molecule has 5 heteroatoms. The van der Waals surface area contributed by atoms with Crippen LogP contribution in [0.4, 0.5) is 5.69 Å². The van der Waals surface area contributed by atoms with Gasteiger partial charge in [-0.2, -0.15) is 0 Å². The molecule has 0 aliphatic carbocycles. The van der Waals surface area contributed by atoms with Crippen LogP contribution in [0.5, 0.6) is 23.0 Å². The average Bonchev–Trinajstić information content (AvgIpc) is 2.90. The Bertz CT molecular complexity index is 1030. The zero-order valence-corrected chi connectivity index (χ0v) is 19.1. The van der Waals surface area contributed by atoms with Gasteiger partial charge in [0.05, 0.1) is 0 Å². The molecule has 34 heavy (non-hydrogen) atoms. The minimum atomic E-state index is 0.478. The van der Waals surface area contributed by atoms with Crippen LogP contribution in [0, 0.1) is 0 Å². The quantitative estimate of drug-likeness (QED) is 0.243. The minimum absolute atomic E-state index is 0.478. The van der Waals surface area contributed by atoms with Crippen molar-refractivity contribution in [1.82, 2.24) is 0 Å². The molecule has 0 bridgehead atoms. The fourth-order valence-electron chi connectivity index (χ4n) is 3.32. The van der Waals surface area contributed by atoms with Crippen LogP contribution in [0.3, 0.4) is 0 Å². The number of rotatable bonds is 13. The fraction of sp³-hybridized carbons (Fsp3) is 0.172. The highest BCUT2D eigenvalue weighted by molar-refractivity contribution is 5.48. The van der Waals surface area contributed by atoms with Crippen molar-refractivity contribution in [3.8, 4) is 23.0 Å². The van der Waals surface area contributed by atoms with Crippen molar-refractivity contribution >= 4 is 5.69 Å². The summed E-state index contributed by atoms with van der Waals surface area (Å²) >= 11 is 0. The van der Waals surface area contributed by atoms with E-state index in [1.54, 1.807) is 0 Å². The molecule has 4 aromatic rings. The Morgan fingerprint density at radius 1 is 0.441 bits per heavy atom. The number of nitrogens with one attached hydrogen (secondary N) is 1. The van der Waals surface area contributed by atoms with Gasteiger partial charge in [-0.3, -0.25) is 0 Å². The molecule has 0 radical (unpaired) electrons. The molecule has 0 amide bonds. The maximum Gasteiger partial charge on any atom is 0.122 e. The van der Waals surface area contributed by atoms with Gasteiger partial charge in [0.15, 0.2) is 0 Å². The zero-order valence-electron chi connectivity index (χ0n) is 19.1. The number of anilines is 1. The van der Waals surface area contributed by atoms with E-state index in [-0.39, 0.29) is 0 Å². The van der Waals surface area contributed by atoms with Crippen molar-refractivity contribution in [2.45, 2.75) is 6.54 Å². The van der Waals surface area contributed by atoms with Crippen LogP contribution in [-0.2, 0) is 6.54 Å². The van der Waals surface area contributed by atoms with Crippen LogP contribution in [-0.4, -0.2) is 26.4 Å². The highest BCUT2D eigenvalue weighted by Gasteiger charge is 2.01. The summed E-state index contributed by atoms with van der Waals surface area (Å²) in [6.45, 7) is 2.63. The van der Waals surface area contributed by atoms with Crippen LogP contribution in [0.15, 0.2) is 109 Å². The van der Waals surface area contributed by atoms with Gasteiger partial charge < -0.3 is 24.3 Å². The lowest BCUT2D eigenvalue weighted by atomic mass is 10.2. The molecule has 0 aliphatic heterocycles. The van der Waals surface area contributed by atoms with Crippen LogP contribution in [0.25, 0.3) is 0 Å². The van der Waals surface area contributed by atoms with Crippen molar-refractivity contribution < 1.29 is 18.9 Å². The van der Waals surface area contributed by atoms with Gasteiger partial charge in [0.25, 0.3) is 0 Å². The number of hydrogen-bond donors (Lipinski definition) is 1. The number of hydrogen-bond acceptors (Lipinski definition) is 5. The third kappa shape index (κ3) is 7.78. The summed E-state index contributed by atoms with van der Waals surface area (Å²) in [6, 6.07) is 35.5. The minimum Gasteiger partial charge on any atom is -0.490 e. The molecule has 0 aromatic heterocycles. The van der Waals surface area contributed by atoms with Gasteiger partial charge in [-0.25, -0.2) is 0 Å². The number of para-hydroxylation sites is 2. The highest BCUT2D eigenvalue weighted by Crippen LogP contribution is 2.20. The molecule has 0 spiro atoms. The Balaban J connectivity index is 1.18. The molecule has 4 rings (SSSR count). The van der Waals surface area contributed by atoms with Crippen molar-refractivity contribution in [1.29, 1.82) is 0 Å². The Labute approximate surface area is 200 Å². The van der Waals surface area contributed by atoms with Crippen LogP contribution in [0.2, 0.25) is 0 Å². The topological polar surface area (TPSA) is 49.0 Å². The summed E-state index contributed by atoms with van der Waals surface area (Å²) in [5, 5.41) is 3.44. The lowest BCUT2D eigenvalue weighted by molar-refractivity contribution is 0.217. The second-order valence-corrected chi connectivity index (χ2v) is 7.55. The van der Waals surface area contributed by atoms with E-state index in [2.05, 4.69) is 11.4 Å². The third-order valence-electron chi connectivity index (χ3n) is 4.96. The van der Waals surface area contributed by atoms with Gasteiger partial charge in [-0.1, -0.05) is 54.6 Å². The standard InChI is InChI=1S/C29H29NO4/c1-3-11-26(12-4-1)31-17-19-33-28-15-7-9-24(21-28)23-30-25-10-8-16-29(22-25)34-20-18-32-27-13-5-2-6-14-27/h1-16,21-22,30H,17-20,23H2. The summed E-state index contributed by atoms with van der Waals surface area (Å²) in [6.07, 6.45) is 0. The average molecular weight is 456 g/mol. The third-order valence-corrected chi connectivity index (χ3v) is 4.96. The smallest absolute Gasteiger partial charge is 0.122 e. The molecule has 5 nitrogen and oxygen atoms in total. The maximum absolute atomic E-state index is 5.84. The molecule has 0 unspecified atom stereocenters. The van der Waals surface area contributed by atoms with Gasteiger partial charge in [0.2, 0.25) is 0 Å². The monoisotopic (exact) mass is 455 g/mol. The molecule has 1 N–H and O–H groups in total. The first-order valence-corrected chi connectivity index (χ1v) is 11.4. The molecule has 0 saturated heterocycles. The van der Waals surface area contributed by atoms with E-state index in [1.807, 2.05) is 103 Å². The molecular formula is C29H29NO4. The normalized spacial score (nSPS) is 10.4. The molecule has 174 valence electrons. The Kier molecular flexibility index (Phi) is 8.68. The Morgan fingerprint density at radius 3 is 1.50 bits per heavy atom. The molecule has 0 fully saturated rings. The van der Waals surface area contributed by atoms with Crippen molar-refractivity contribution in [3.63, 3.8) is 0 Å². The SMILES string of the molecule is c1ccc(OCCOc2cccc(CNc3cccc(OCCOc4ccccc4)c3)c2)cc1. The predicted molar refractivity (Wildman–Crippen MR) is 135 cm³/mol. The van der Waals surface area contributed by atoms with Gasteiger partial charge in [0.1, 0.15) is 49.4 Å². The second-order valence-electron chi connectivity index (χ2n) is 7.55. The lowest BCUT2D eigenvalue weighted by Crippen LogP contribution is -2.09. The first-order valence-electron chi connectivity index (χ1n) is 11.4.